The summed E-state index contributed by atoms with van der Waals surface area (Å²) in [5, 5.41) is 6.15. The summed E-state index contributed by atoms with van der Waals surface area (Å²) in [6.07, 6.45) is 16.8. The smallest absolute Gasteiger partial charge is 0.148 e. The highest BCUT2D eigenvalue weighted by Gasteiger charge is 2.31. The maximum atomic E-state index is 14.2. The fourth-order valence-electron chi connectivity index (χ4n) is 4.41. The molecule has 2 aliphatic rings. The zero-order valence-corrected chi connectivity index (χ0v) is 23.6. The van der Waals surface area contributed by atoms with Gasteiger partial charge in [-0.25, -0.2) is 8.78 Å². The first-order valence-corrected chi connectivity index (χ1v) is 13.0. The van der Waals surface area contributed by atoms with Crippen LogP contribution in [0.2, 0.25) is 0 Å². The minimum absolute atomic E-state index is 0.0941. The summed E-state index contributed by atoms with van der Waals surface area (Å²) >= 11 is 0. The Balaban J connectivity index is 0.00000316. The number of allylic oxidation sites excluding steroid dienone is 12. The lowest BCUT2D eigenvalue weighted by Gasteiger charge is -2.37. The van der Waals surface area contributed by atoms with E-state index in [1.165, 1.54) is 11.1 Å². The molecule has 2 rings (SSSR count). The molecule has 0 bridgehead atoms. The molecule has 36 heavy (non-hydrogen) atoms. The molecule has 2 nitrogen and oxygen atoms in total. The summed E-state index contributed by atoms with van der Waals surface area (Å²) in [4.78, 5) is 0. The van der Waals surface area contributed by atoms with Crippen molar-refractivity contribution < 1.29 is 8.78 Å². The third-order valence-corrected chi connectivity index (χ3v) is 6.56. The van der Waals surface area contributed by atoms with E-state index in [1.54, 1.807) is 19.2 Å². The first-order valence-electron chi connectivity index (χ1n) is 13.0. The van der Waals surface area contributed by atoms with Gasteiger partial charge in [0, 0.05) is 18.2 Å². The standard InChI is InChI=1S/C30H40F2N2.C2H6/c1-9-33-27-17-18-30(7,8)25(24(27)6)15-13-20(2)11-10-12-21(3)19-23(5)34-29-26(31)16-14-22(4)28(29)32;1-2/h9-13,15,19,27,33-34H,1,5,14,16-18H2,2-4,6-8H3;1-2H3/b12-10+,15-13+,20-11+,21-19+;. The molecule has 2 N–H and O–H groups in total. The zero-order valence-electron chi connectivity index (χ0n) is 23.6. The molecule has 0 aromatic rings. The van der Waals surface area contributed by atoms with E-state index in [1.807, 2.05) is 39.0 Å². The molecule has 1 atom stereocenters. The van der Waals surface area contributed by atoms with Crippen molar-refractivity contribution in [2.75, 3.05) is 0 Å². The topological polar surface area (TPSA) is 24.1 Å². The van der Waals surface area contributed by atoms with Gasteiger partial charge >= 0.3 is 0 Å². The largest absolute Gasteiger partial charge is 0.385 e. The van der Waals surface area contributed by atoms with E-state index in [2.05, 4.69) is 63.6 Å². The van der Waals surface area contributed by atoms with Crippen LogP contribution in [0.15, 0.2) is 107 Å². The van der Waals surface area contributed by atoms with Gasteiger partial charge in [0.15, 0.2) is 0 Å². The summed E-state index contributed by atoms with van der Waals surface area (Å²) in [5.41, 5.74) is 5.85. The predicted octanol–water partition coefficient (Wildman–Crippen LogP) is 9.58. The Morgan fingerprint density at radius 1 is 1.06 bits per heavy atom. The maximum Gasteiger partial charge on any atom is 0.148 e. The first kappa shape index (κ1) is 31.2. The lowest BCUT2D eigenvalue weighted by atomic mass is 9.71. The molecule has 0 aromatic carbocycles. The fourth-order valence-corrected chi connectivity index (χ4v) is 4.41. The Morgan fingerprint density at radius 2 is 1.72 bits per heavy atom. The van der Waals surface area contributed by atoms with E-state index < -0.39 is 11.7 Å². The second-order valence-electron chi connectivity index (χ2n) is 9.96. The van der Waals surface area contributed by atoms with Crippen molar-refractivity contribution in [3.8, 4) is 0 Å². The lowest BCUT2D eigenvalue weighted by Crippen LogP contribution is -2.34. The summed E-state index contributed by atoms with van der Waals surface area (Å²) in [6.45, 7) is 24.2. The highest BCUT2D eigenvalue weighted by Crippen LogP contribution is 2.41. The lowest BCUT2D eigenvalue weighted by molar-refractivity contribution is 0.348. The average Bonchev–Trinajstić information content (AvgIpc) is 2.82. The van der Waals surface area contributed by atoms with Crippen LogP contribution in [-0.4, -0.2) is 6.04 Å². The molecule has 0 saturated carbocycles. The van der Waals surface area contributed by atoms with Gasteiger partial charge in [0.1, 0.15) is 17.4 Å². The zero-order chi connectivity index (χ0) is 27.5. The molecule has 4 heteroatoms. The summed E-state index contributed by atoms with van der Waals surface area (Å²) in [6, 6.07) is 0.342. The van der Waals surface area contributed by atoms with Crippen molar-refractivity contribution in [3.63, 3.8) is 0 Å². The van der Waals surface area contributed by atoms with Crippen molar-refractivity contribution in [2.24, 2.45) is 5.41 Å². The molecule has 0 fully saturated rings. The van der Waals surface area contributed by atoms with E-state index in [0.29, 0.717) is 23.7 Å². The molecule has 0 amide bonds. The third-order valence-electron chi connectivity index (χ3n) is 6.56. The van der Waals surface area contributed by atoms with Crippen LogP contribution in [-0.2, 0) is 0 Å². The second kappa shape index (κ2) is 14.6. The van der Waals surface area contributed by atoms with Crippen molar-refractivity contribution in [3.05, 3.63) is 107 Å². The van der Waals surface area contributed by atoms with Gasteiger partial charge in [-0.2, -0.15) is 0 Å². The number of rotatable bonds is 9. The van der Waals surface area contributed by atoms with Gasteiger partial charge in [0.05, 0.1) is 0 Å². The van der Waals surface area contributed by atoms with E-state index in [-0.39, 0.29) is 17.5 Å². The monoisotopic (exact) mass is 496 g/mol. The predicted molar refractivity (Wildman–Crippen MR) is 153 cm³/mol. The van der Waals surface area contributed by atoms with Crippen LogP contribution in [0.1, 0.15) is 81.1 Å². The average molecular weight is 497 g/mol. The summed E-state index contributed by atoms with van der Waals surface area (Å²) < 4.78 is 28.3. The number of nitrogens with one attached hydrogen (secondary N) is 2. The van der Waals surface area contributed by atoms with Crippen molar-refractivity contribution >= 4 is 0 Å². The van der Waals surface area contributed by atoms with Crippen LogP contribution in [0.3, 0.4) is 0 Å². The van der Waals surface area contributed by atoms with Gasteiger partial charge in [-0.15, -0.1) is 0 Å². The maximum absolute atomic E-state index is 14.2. The SMILES string of the molecule is C=CNC1CCC(C)(C)C(/C=C/C(C)=C/C=C/C(C)=C/C(=C)NC2=C(F)CCC(C)=C2F)=C1C.CC. The quantitative estimate of drug-likeness (QED) is 0.311. The minimum Gasteiger partial charge on any atom is -0.385 e. The first-order chi connectivity index (χ1) is 17.0. The van der Waals surface area contributed by atoms with Crippen molar-refractivity contribution in [2.45, 2.75) is 87.1 Å². The Morgan fingerprint density at radius 3 is 2.36 bits per heavy atom. The molecule has 0 heterocycles. The van der Waals surface area contributed by atoms with Gasteiger partial charge < -0.3 is 10.6 Å². The molecule has 0 spiro atoms. The molecule has 0 aromatic heterocycles. The highest BCUT2D eigenvalue weighted by atomic mass is 19.1. The van der Waals surface area contributed by atoms with Crippen LogP contribution in [0.25, 0.3) is 0 Å². The normalized spacial score (nSPS) is 21.1. The number of hydrogen-bond donors (Lipinski definition) is 2. The second-order valence-corrected chi connectivity index (χ2v) is 9.96. The molecular weight excluding hydrogens is 450 g/mol. The highest BCUT2D eigenvalue weighted by molar-refractivity contribution is 5.41. The van der Waals surface area contributed by atoms with Crippen LogP contribution in [0, 0.1) is 5.41 Å². The Hall–Kier alpha value is -2.88. The van der Waals surface area contributed by atoms with Crippen LogP contribution < -0.4 is 10.6 Å². The van der Waals surface area contributed by atoms with Crippen molar-refractivity contribution in [1.29, 1.82) is 0 Å². The number of hydrogen-bond acceptors (Lipinski definition) is 2. The van der Waals surface area contributed by atoms with E-state index in [9.17, 15) is 8.78 Å². The Bertz CT molecular complexity index is 1030. The van der Waals surface area contributed by atoms with Crippen molar-refractivity contribution in [1.82, 2.24) is 10.6 Å². The van der Waals surface area contributed by atoms with Crippen LogP contribution in [0.4, 0.5) is 8.78 Å². The number of halogens is 2. The molecule has 0 radical (unpaired) electrons. The Kier molecular flexibility index (Phi) is 12.7. The van der Waals surface area contributed by atoms with E-state index >= 15 is 0 Å². The van der Waals surface area contributed by atoms with Gasteiger partial charge in [0.25, 0.3) is 0 Å². The van der Waals surface area contributed by atoms with E-state index in [4.69, 9.17) is 0 Å². The molecule has 198 valence electrons. The summed E-state index contributed by atoms with van der Waals surface area (Å²) in [7, 11) is 0. The fraction of sp³-hybridized carbons (Fsp3) is 0.438. The van der Waals surface area contributed by atoms with Gasteiger partial charge in [-0.3, -0.25) is 0 Å². The minimum atomic E-state index is -0.519. The van der Waals surface area contributed by atoms with Crippen LogP contribution >= 0.6 is 0 Å². The van der Waals surface area contributed by atoms with Crippen LogP contribution in [0.5, 0.6) is 0 Å². The molecule has 1 unspecified atom stereocenters. The third kappa shape index (κ3) is 8.96. The molecule has 2 aliphatic carbocycles. The Labute approximate surface area is 218 Å². The summed E-state index contributed by atoms with van der Waals surface area (Å²) in [5.74, 6) is -0.982. The molecular formula is C32H46F2N2. The van der Waals surface area contributed by atoms with Gasteiger partial charge in [0.2, 0.25) is 0 Å². The molecule has 0 saturated heterocycles. The van der Waals surface area contributed by atoms with Gasteiger partial charge in [-0.05, 0) is 86.9 Å². The van der Waals surface area contributed by atoms with E-state index in [0.717, 1.165) is 24.0 Å². The molecule has 0 aliphatic heterocycles. The van der Waals surface area contributed by atoms with Gasteiger partial charge in [-0.1, -0.05) is 76.8 Å².